The maximum Gasteiger partial charge on any atom is 0.207 e. The van der Waals surface area contributed by atoms with Crippen molar-refractivity contribution in [2.45, 2.75) is 12.5 Å². The van der Waals surface area contributed by atoms with Crippen LogP contribution in [0.5, 0.6) is 0 Å². The number of carbonyl (C=O) groups excluding carboxylic acids is 1. The highest BCUT2D eigenvalue weighted by molar-refractivity contribution is 5.46. The van der Waals surface area contributed by atoms with Crippen LogP contribution in [0, 0.1) is 0 Å². The van der Waals surface area contributed by atoms with E-state index in [1.54, 1.807) is 0 Å². The lowest BCUT2D eigenvalue weighted by Gasteiger charge is -2.02. The van der Waals surface area contributed by atoms with Crippen molar-refractivity contribution in [3.63, 3.8) is 0 Å². The van der Waals surface area contributed by atoms with Crippen molar-refractivity contribution in [2.75, 3.05) is 13.1 Å². The standard InChI is InChI=1S/C5H10N2O/c8-4-7-5-1-2-6-3-5/h4-6H,1-3H2,(H,7,8). The summed E-state index contributed by atoms with van der Waals surface area (Å²) < 4.78 is 0. The Hall–Kier alpha value is -0.570. The van der Waals surface area contributed by atoms with Crippen LogP contribution in [0.25, 0.3) is 0 Å². The van der Waals surface area contributed by atoms with Gasteiger partial charge in [-0.1, -0.05) is 0 Å². The first kappa shape index (κ1) is 5.56. The highest BCUT2D eigenvalue weighted by Gasteiger charge is 2.11. The molecule has 2 N–H and O–H groups in total. The number of hydrogen-bond donors (Lipinski definition) is 2. The normalized spacial score (nSPS) is 27.8. The fourth-order valence-corrected chi connectivity index (χ4v) is 0.893. The number of hydrogen-bond acceptors (Lipinski definition) is 2. The van der Waals surface area contributed by atoms with Gasteiger partial charge in [0, 0.05) is 12.6 Å². The van der Waals surface area contributed by atoms with Crippen LogP contribution in [-0.2, 0) is 4.79 Å². The summed E-state index contributed by atoms with van der Waals surface area (Å²) in [7, 11) is 0. The smallest absolute Gasteiger partial charge is 0.207 e. The molecule has 1 atom stereocenters. The molecule has 0 aromatic heterocycles. The average molecular weight is 114 g/mol. The van der Waals surface area contributed by atoms with Gasteiger partial charge in [-0.25, -0.2) is 0 Å². The van der Waals surface area contributed by atoms with Gasteiger partial charge in [-0.15, -0.1) is 0 Å². The first-order valence-electron chi connectivity index (χ1n) is 2.84. The predicted molar refractivity (Wildman–Crippen MR) is 30.5 cm³/mol. The van der Waals surface area contributed by atoms with Gasteiger partial charge >= 0.3 is 0 Å². The molecule has 0 aromatic carbocycles. The molecule has 0 aliphatic carbocycles. The van der Waals surface area contributed by atoms with Gasteiger partial charge in [-0.05, 0) is 13.0 Å². The van der Waals surface area contributed by atoms with E-state index < -0.39 is 0 Å². The zero-order valence-corrected chi connectivity index (χ0v) is 4.68. The highest BCUT2D eigenvalue weighted by atomic mass is 16.1. The van der Waals surface area contributed by atoms with Crippen LogP contribution in [0.2, 0.25) is 0 Å². The van der Waals surface area contributed by atoms with Crippen molar-refractivity contribution in [1.82, 2.24) is 10.6 Å². The van der Waals surface area contributed by atoms with Crippen LogP contribution in [0.4, 0.5) is 0 Å². The third kappa shape index (κ3) is 1.20. The molecule has 1 heterocycles. The maximum absolute atomic E-state index is 9.82. The lowest BCUT2D eigenvalue weighted by molar-refractivity contribution is -0.110. The van der Waals surface area contributed by atoms with Crippen LogP contribution in [0.15, 0.2) is 0 Å². The SMILES string of the molecule is O=CNC1CCNC1. The fourth-order valence-electron chi connectivity index (χ4n) is 0.893. The van der Waals surface area contributed by atoms with Crippen molar-refractivity contribution in [3.05, 3.63) is 0 Å². The van der Waals surface area contributed by atoms with Gasteiger partial charge < -0.3 is 10.6 Å². The predicted octanol–water partition coefficient (Wildman–Crippen LogP) is -0.906. The minimum Gasteiger partial charge on any atom is -0.355 e. The van der Waals surface area contributed by atoms with E-state index in [9.17, 15) is 4.79 Å². The van der Waals surface area contributed by atoms with E-state index >= 15 is 0 Å². The second-order valence-corrected chi connectivity index (χ2v) is 1.97. The molecule has 1 rings (SSSR count). The Morgan fingerprint density at radius 1 is 1.75 bits per heavy atom. The molecule has 1 aliphatic heterocycles. The molecular weight excluding hydrogens is 104 g/mol. The van der Waals surface area contributed by atoms with E-state index in [2.05, 4.69) is 10.6 Å². The number of rotatable bonds is 2. The summed E-state index contributed by atoms with van der Waals surface area (Å²) in [6.45, 7) is 1.96. The number of amides is 1. The zero-order chi connectivity index (χ0) is 5.82. The largest absolute Gasteiger partial charge is 0.355 e. The van der Waals surface area contributed by atoms with Crippen LogP contribution >= 0.6 is 0 Å². The molecule has 0 saturated carbocycles. The van der Waals surface area contributed by atoms with Gasteiger partial charge in [0.25, 0.3) is 0 Å². The van der Waals surface area contributed by atoms with Crippen molar-refractivity contribution in [1.29, 1.82) is 0 Å². The molecule has 3 heteroatoms. The van der Waals surface area contributed by atoms with Gasteiger partial charge in [0.05, 0.1) is 0 Å². The van der Waals surface area contributed by atoms with Crippen molar-refractivity contribution in [2.24, 2.45) is 0 Å². The number of carbonyl (C=O) groups is 1. The fraction of sp³-hybridized carbons (Fsp3) is 0.800. The topological polar surface area (TPSA) is 41.1 Å². The molecule has 3 nitrogen and oxygen atoms in total. The Morgan fingerprint density at radius 2 is 2.62 bits per heavy atom. The number of nitrogens with one attached hydrogen (secondary N) is 2. The van der Waals surface area contributed by atoms with Gasteiger partial charge in [-0.3, -0.25) is 4.79 Å². The summed E-state index contributed by atoms with van der Waals surface area (Å²) >= 11 is 0. The lowest BCUT2D eigenvalue weighted by atomic mass is 10.3. The van der Waals surface area contributed by atoms with Crippen LogP contribution in [0.3, 0.4) is 0 Å². The first-order chi connectivity index (χ1) is 3.93. The minimum absolute atomic E-state index is 0.382. The van der Waals surface area contributed by atoms with Crippen LogP contribution in [-0.4, -0.2) is 25.5 Å². The molecule has 1 saturated heterocycles. The van der Waals surface area contributed by atoms with Gasteiger partial charge in [0.2, 0.25) is 6.41 Å². The molecular formula is C5H10N2O. The third-order valence-electron chi connectivity index (χ3n) is 1.36. The second kappa shape index (κ2) is 2.67. The molecule has 1 aliphatic rings. The summed E-state index contributed by atoms with van der Waals surface area (Å²) in [6.07, 6.45) is 1.83. The van der Waals surface area contributed by atoms with E-state index in [4.69, 9.17) is 0 Å². The monoisotopic (exact) mass is 114 g/mol. The Morgan fingerprint density at radius 3 is 3.12 bits per heavy atom. The average Bonchev–Trinajstić information content (AvgIpc) is 2.19. The van der Waals surface area contributed by atoms with Crippen molar-refractivity contribution < 1.29 is 4.79 Å². The Kier molecular flexibility index (Phi) is 1.86. The zero-order valence-electron chi connectivity index (χ0n) is 4.68. The summed E-state index contributed by atoms with van der Waals surface area (Å²) in [4.78, 5) is 9.82. The molecule has 0 radical (unpaired) electrons. The summed E-state index contributed by atoms with van der Waals surface area (Å²) in [5.41, 5.74) is 0. The minimum atomic E-state index is 0.382. The van der Waals surface area contributed by atoms with E-state index in [1.807, 2.05) is 0 Å². The Balaban J connectivity index is 2.14. The lowest BCUT2D eigenvalue weighted by Crippen LogP contribution is -2.29. The molecule has 0 spiro atoms. The van der Waals surface area contributed by atoms with E-state index in [-0.39, 0.29) is 0 Å². The Bertz CT molecular complexity index is 78.5. The van der Waals surface area contributed by atoms with Crippen LogP contribution in [0.1, 0.15) is 6.42 Å². The summed E-state index contributed by atoms with van der Waals surface area (Å²) in [6, 6.07) is 0.382. The van der Waals surface area contributed by atoms with E-state index in [0.717, 1.165) is 25.9 Å². The second-order valence-electron chi connectivity index (χ2n) is 1.97. The highest BCUT2D eigenvalue weighted by Crippen LogP contribution is 1.93. The maximum atomic E-state index is 9.82. The summed E-state index contributed by atoms with van der Waals surface area (Å²) in [5.74, 6) is 0. The quantitative estimate of drug-likeness (QED) is 0.456. The van der Waals surface area contributed by atoms with E-state index in [0.29, 0.717) is 6.04 Å². The molecule has 1 fully saturated rings. The van der Waals surface area contributed by atoms with Gasteiger partial charge in [0.1, 0.15) is 0 Å². The van der Waals surface area contributed by atoms with Crippen LogP contribution < -0.4 is 10.6 Å². The molecule has 1 unspecified atom stereocenters. The molecule has 1 amide bonds. The van der Waals surface area contributed by atoms with E-state index in [1.165, 1.54) is 0 Å². The van der Waals surface area contributed by atoms with Gasteiger partial charge in [-0.2, -0.15) is 0 Å². The molecule has 46 valence electrons. The molecule has 0 bridgehead atoms. The third-order valence-corrected chi connectivity index (χ3v) is 1.36. The molecule has 0 aromatic rings. The van der Waals surface area contributed by atoms with Gasteiger partial charge in [0.15, 0.2) is 0 Å². The van der Waals surface area contributed by atoms with Crippen molar-refractivity contribution in [3.8, 4) is 0 Å². The Labute approximate surface area is 48.5 Å². The molecule has 8 heavy (non-hydrogen) atoms. The van der Waals surface area contributed by atoms with Crippen molar-refractivity contribution >= 4 is 6.41 Å². The first-order valence-corrected chi connectivity index (χ1v) is 2.84. The summed E-state index contributed by atoms with van der Waals surface area (Å²) in [5, 5.41) is 5.84.